The average Bonchev–Trinajstić information content (AvgIpc) is 2.68. The van der Waals surface area contributed by atoms with Gasteiger partial charge in [-0.25, -0.2) is 0 Å². The average molecular weight is 422 g/mol. The minimum atomic E-state index is -0.771. The number of aryl methyl sites for hydroxylation is 3. The third kappa shape index (κ3) is 4.69. The SMILES string of the molecule is Cc1ccc(NC2NC(=O)C3C(NC(=O)CC3C(=O)Nc3cc(C)cc(C)c3)N2)cc1. The van der Waals surface area contributed by atoms with Gasteiger partial charge in [0, 0.05) is 17.8 Å². The molecular weight excluding hydrogens is 394 g/mol. The molecule has 2 aromatic rings. The number of carbonyl (C=O) groups is 3. The van der Waals surface area contributed by atoms with E-state index in [1.165, 1.54) is 0 Å². The number of anilines is 2. The quantitative estimate of drug-likeness (QED) is 0.516. The van der Waals surface area contributed by atoms with Gasteiger partial charge in [0.1, 0.15) is 0 Å². The molecule has 2 aromatic carbocycles. The van der Waals surface area contributed by atoms with Gasteiger partial charge in [-0.15, -0.1) is 0 Å². The molecule has 8 nitrogen and oxygen atoms in total. The summed E-state index contributed by atoms with van der Waals surface area (Å²) >= 11 is 0. The highest BCUT2D eigenvalue weighted by Gasteiger charge is 2.48. The lowest BCUT2D eigenvalue weighted by Gasteiger charge is -2.43. The van der Waals surface area contributed by atoms with Crippen LogP contribution >= 0.6 is 0 Å². The highest BCUT2D eigenvalue weighted by Crippen LogP contribution is 2.28. The molecule has 0 aliphatic carbocycles. The van der Waals surface area contributed by atoms with Gasteiger partial charge in [-0.3, -0.25) is 19.7 Å². The van der Waals surface area contributed by atoms with E-state index >= 15 is 0 Å². The standard InChI is InChI=1S/C23H27N5O3/c1-12-4-6-15(7-5-12)25-23-27-20-19(22(31)28-23)17(11-18(29)26-20)21(30)24-16-9-13(2)8-14(3)10-16/h4-10,17,19-20,23,25,27H,11H2,1-3H3,(H,24,30)(H,26,29)(H,28,31). The van der Waals surface area contributed by atoms with Gasteiger partial charge in [-0.2, -0.15) is 0 Å². The zero-order valence-corrected chi connectivity index (χ0v) is 17.8. The fourth-order valence-corrected chi connectivity index (χ4v) is 4.25. The summed E-state index contributed by atoms with van der Waals surface area (Å²) < 4.78 is 0. The van der Waals surface area contributed by atoms with Gasteiger partial charge >= 0.3 is 0 Å². The van der Waals surface area contributed by atoms with Gasteiger partial charge in [-0.05, 0) is 56.2 Å². The third-order valence-corrected chi connectivity index (χ3v) is 5.64. The molecule has 5 N–H and O–H groups in total. The first-order valence-electron chi connectivity index (χ1n) is 10.4. The predicted octanol–water partition coefficient (Wildman–Crippen LogP) is 1.74. The van der Waals surface area contributed by atoms with Crippen molar-refractivity contribution in [3.8, 4) is 0 Å². The van der Waals surface area contributed by atoms with Gasteiger partial charge < -0.3 is 21.3 Å². The zero-order valence-electron chi connectivity index (χ0n) is 17.8. The Balaban J connectivity index is 1.48. The van der Waals surface area contributed by atoms with Gasteiger partial charge in [-0.1, -0.05) is 23.8 Å². The summed E-state index contributed by atoms with van der Waals surface area (Å²) in [4.78, 5) is 38.3. The van der Waals surface area contributed by atoms with Gasteiger partial charge in [0.15, 0.2) is 6.29 Å². The summed E-state index contributed by atoms with van der Waals surface area (Å²) in [7, 11) is 0. The van der Waals surface area contributed by atoms with Crippen LogP contribution in [0.3, 0.4) is 0 Å². The van der Waals surface area contributed by atoms with Crippen molar-refractivity contribution in [1.29, 1.82) is 0 Å². The Morgan fingerprint density at radius 3 is 2.26 bits per heavy atom. The number of nitrogens with one attached hydrogen (secondary N) is 5. The van der Waals surface area contributed by atoms with E-state index in [1.54, 1.807) is 0 Å². The number of amides is 3. The molecule has 0 spiro atoms. The molecule has 4 unspecified atom stereocenters. The second-order valence-electron chi connectivity index (χ2n) is 8.37. The topological polar surface area (TPSA) is 111 Å². The van der Waals surface area contributed by atoms with E-state index in [0.29, 0.717) is 5.69 Å². The van der Waals surface area contributed by atoms with Crippen molar-refractivity contribution in [2.24, 2.45) is 11.8 Å². The van der Waals surface area contributed by atoms with E-state index in [1.807, 2.05) is 63.2 Å². The van der Waals surface area contributed by atoms with E-state index in [4.69, 9.17) is 0 Å². The Bertz CT molecular complexity index is 1000. The molecule has 3 amide bonds. The Morgan fingerprint density at radius 1 is 0.903 bits per heavy atom. The van der Waals surface area contributed by atoms with E-state index < -0.39 is 24.3 Å². The van der Waals surface area contributed by atoms with Crippen molar-refractivity contribution < 1.29 is 14.4 Å². The molecule has 2 saturated heterocycles. The van der Waals surface area contributed by atoms with Crippen LogP contribution in [0, 0.1) is 32.6 Å². The Labute approximate surface area is 181 Å². The summed E-state index contributed by atoms with van der Waals surface area (Å²) in [6.07, 6.45) is -1.26. The Kier molecular flexibility index (Phi) is 5.65. The monoisotopic (exact) mass is 421 g/mol. The number of hydrogen-bond donors (Lipinski definition) is 5. The molecule has 2 fully saturated rings. The molecule has 162 valence electrons. The second-order valence-corrected chi connectivity index (χ2v) is 8.37. The van der Waals surface area contributed by atoms with Crippen molar-refractivity contribution in [2.75, 3.05) is 10.6 Å². The van der Waals surface area contributed by atoms with Gasteiger partial charge in [0.05, 0.1) is 18.0 Å². The Morgan fingerprint density at radius 2 is 1.58 bits per heavy atom. The maximum Gasteiger partial charge on any atom is 0.229 e. The molecule has 2 aliphatic rings. The maximum absolute atomic E-state index is 13.0. The molecule has 2 aliphatic heterocycles. The van der Waals surface area contributed by atoms with Crippen molar-refractivity contribution in [1.82, 2.24) is 16.0 Å². The number of benzene rings is 2. The number of hydrogen-bond acceptors (Lipinski definition) is 5. The fraction of sp³-hybridized carbons (Fsp3) is 0.348. The maximum atomic E-state index is 13.0. The van der Waals surface area contributed by atoms with Crippen LogP contribution in [0.4, 0.5) is 11.4 Å². The van der Waals surface area contributed by atoms with E-state index in [0.717, 1.165) is 22.4 Å². The number of rotatable bonds is 4. The molecule has 4 rings (SSSR count). The normalized spacial score (nSPS) is 25.1. The highest BCUT2D eigenvalue weighted by atomic mass is 16.2. The first kappa shape index (κ1) is 20.9. The molecule has 0 radical (unpaired) electrons. The summed E-state index contributed by atoms with van der Waals surface area (Å²) in [5, 5.41) is 14.9. The van der Waals surface area contributed by atoms with Crippen LogP contribution < -0.4 is 26.6 Å². The van der Waals surface area contributed by atoms with Crippen LogP contribution in [0.2, 0.25) is 0 Å². The van der Waals surface area contributed by atoms with Crippen molar-refractivity contribution in [3.05, 3.63) is 59.2 Å². The number of carbonyl (C=O) groups excluding carboxylic acids is 3. The third-order valence-electron chi connectivity index (χ3n) is 5.64. The minimum Gasteiger partial charge on any atom is -0.353 e. The molecule has 0 saturated carbocycles. The van der Waals surface area contributed by atoms with Crippen LogP contribution in [-0.2, 0) is 14.4 Å². The summed E-state index contributed by atoms with van der Waals surface area (Å²) in [6.45, 7) is 5.90. The smallest absolute Gasteiger partial charge is 0.229 e. The zero-order chi connectivity index (χ0) is 22.1. The van der Waals surface area contributed by atoms with Crippen molar-refractivity contribution in [3.63, 3.8) is 0 Å². The van der Waals surface area contributed by atoms with Crippen molar-refractivity contribution >= 4 is 29.1 Å². The summed E-state index contributed by atoms with van der Waals surface area (Å²) in [6, 6.07) is 13.5. The molecular formula is C23H27N5O3. The molecule has 2 heterocycles. The second kappa shape index (κ2) is 8.39. The van der Waals surface area contributed by atoms with Crippen LogP contribution in [0.1, 0.15) is 23.1 Å². The summed E-state index contributed by atoms with van der Waals surface area (Å²) in [5.74, 6) is -2.36. The van der Waals surface area contributed by atoms with E-state index in [-0.39, 0.29) is 24.1 Å². The van der Waals surface area contributed by atoms with E-state index in [9.17, 15) is 14.4 Å². The first-order valence-corrected chi connectivity index (χ1v) is 10.4. The lowest BCUT2D eigenvalue weighted by molar-refractivity contribution is -0.144. The Hall–Kier alpha value is -3.39. The fourth-order valence-electron chi connectivity index (χ4n) is 4.25. The van der Waals surface area contributed by atoms with Crippen molar-refractivity contribution in [2.45, 2.75) is 39.6 Å². The largest absolute Gasteiger partial charge is 0.353 e. The van der Waals surface area contributed by atoms with Crippen LogP contribution in [-0.4, -0.2) is 30.2 Å². The molecule has 8 heteroatoms. The van der Waals surface area contributed by atoms with E-state index in [2.05, 4.69) is 26.6 Å². The van der Waals surface area contributed by atoms with Crippen LogP contribution in [0.5, 0.6) is 0 Å². The number of piperidine rings is 1. The predicted molar refractivity (Wildman–Crippen MR) is 118 cm³/mol. The molecule has 31 heavy (non-hydrogen) atoms. The molecule has 0 aromatic heterocycles. The summed E-state index contributed by atoms with van der Waals surface area (Å²) in [5.41, 5.74) is 4.66. The van der Waals surface area contributed by atoms with Crippen LogP contribution in [0.25, 0.3) is 0 Å². The van der Waals surface area contributed by atoms with Gasteiger partial charge in [0.25, 0.3) is 0 Å². The number of fused-ring (bicyclic) bond motifs is 1. The highest BCUT2D eigenvalue weighted by molar-refractivity contribution is 6.00. The lowest BCUT2D eigenvalue weighted by atomic mass is 9.81. The molecule has 4 atom stereocenters. The van der Waals surface area contributed by atoms with Crippen LogP contribution in [0.15, 0.2) is 42.5 Å². The lowest BCUT2D eigenvalue weighted by Crippen LogP contribution is -2.72. The first-order chi connectivity index (χ1) is 14.8. The molecule has 0 bridgehead atoms. The van der Waals surface area contributed by atoms with Gasteiger partial charge in [0.2, 0.25) is 17.7 Å². The minimum absolute atomic E-state index is 0.0387.